The maximum atomic E-state index is 15.8. The summed E-state index contributed by atoms with van der Waals surface area (Å²) in [4.78, 5) is 20.2. The minimum atomic E-state index is -4.34. The van der Waals surface area contributed by atoms with Gasteiger partial charge in [0.05, 0.1) is 48.1 Å². The second-order valence-electron chi connectivity index (χ2n) is 9.69. The summed E-state index contributed by atoms with van der Waals surface area (Å²) in [5.74, 6) is -0.851. The fourth-order valence-electron chi connectivity index (χ4n) is 3.78. The number of halogens is 2. The van der Waals surface area contributed by atoms with Crippen molar-refractivity contribution in [2.24, 2.45) is 0 Å². The molecule has 0 bridgehead atoms. The minimum absolute atomic E-state index is 0.00732. The summed E-state index contributed by atoms with van der Waals surface area (Å²) in [5, 5.41) is 4.80. The number of fused-ring (bicyclic) bond motifs is 1. The number of sulfonamides is 1. The first kappa shape index (κ1) is 30.5. The molecule has 11 nitrogen and oxygen atoms in total. The van der Waals surface area contributed by atoms with E-state index in [4.69, 9.17) is 25.8 Å². The number of pyridine rings is 2. The molecule has 0 aliphatic heterocycles. The van der Waals surface area contributed by atoms with E-state index in [0.717, 1.165) is 11.8 Å². The number of anilines is 1. The molecule has 3 aromatic heterocycles. The molecule has 0 aliphatic carbocycles. The zero-order valence-corrected chi connectivity index (χ0v) is 25.4. The van der Waals surface area contributed by atoms with Gasteiger partial charge in [0.2, 0.25) is 5.88 Å². The van der Waals surface area contributed by atoms with E-state index in [1.165, 1.54) is 49.5 Å². The molecule has 4 aromatic rings. The van der Waals surface area contributed by atoms with Crippen molar-refractivity contribution in [3.63, 3.8) is 0 Å². The molecule has 0 fully saturated rings. The van der Waals surface area contributed by atoms with Crippen LogP contribution < -0.4 is 9.46 Å². The molecule has 0 aliphatic rings. The molecule has 0 amide bonds. The SMILES string of the molecule is COC(=O)c1nn(COCCS(C)(C)C)c2cc(-c3cccc(NS(=O)(=O)c4cc(Cl)cnc4OC)c3F)ncc12. The number of carbonyl (C=O) groups excluding carboxylic acids is 1. The first-order valence-electron chi connectivity index (χ1n) is 12.0. The lowest BCUT2D eigenvalue weighted by Gasteiger charge is -2.24. The average molecular weight is 626 g/mol. The second kappa shape index (κ2) is 12.2. The molecule has 0 saturated heterocycles. The first-order valence-corrected chi connectivity index (χ1v) is 16.9. The van der Waals surface area contributed by atoms with Crippen LogP contribution in [-0.2, 0) is 26.2 Å². The molecule has 0 radical (unpaired) electrons. The topological polar surface area (TPSA) is 135 Å². The molecule has 1 aromatic carbocycles. The molecule has 15 heteroatoms. The third-order valence-electron chi connectivity index (χ3n) is 5.86. The summed E-state index contributed by atoms with van der Waals surface area (Å²) in [7, 11) is -2.60. The monoisotopic (exact) mass is 625 g/mol. The summed E-state index contributed by atoms with van der Waals surface area (Å²) in [6, 6.07) is 6.90. The number of aromatic nitrogens is 4. The summed E-state index contributed by atoms with van der Waals surface area (Å²) in [5.41, 5.74) is 0.349. The van der Waals surface area contributed by atoms with Crippen LogP contribution in [0.2, 0.25) is 5.02 Å². The predicted molar refractivity (Wildman–Crippen MR) is 157 cm³/mol. The number of carbonyl (C=O) groups is 1. The third kappa shape index (κ3) is 6.89. The number of esters is 1. The number of hydrogen-bond acceptors (Lipinski definition) is 9. The lowest BCUT2D eigenvalue weighted by molar-refractivity contribution is 0.0586. The Morgan fingerprint density at radius 3 is 2.56 bits per heavy atom. The maximum absolute atomic E-state index is 15.8. The Balaban J connectivity index is 1.71. The van der Waals surface area contributed by atoms with E-state index in [-0.39, 0.29) is 45.2 Å². The number of benzene rings is 1. The van der Waals surface area contributed by atoms with Crippen molar-refractivity contribution in [2.45, 2.75) is 11.6 Å². The quantitative estimate of drug-likeness (QED) is 0.188. The number of methoxy groups -OCH3 is 2. The smallest absolute Gasteiger partial charge is 0.359 e. The summed E-state index contributed by atoms with van der Waals surface area (Å²) in [6.45, 7) is 0.541. The molecule has 1 N–H and O–H groups in total. The van der Waals surface area contributed by atoms with Crippen LogP contribution in [0.4, 0.5) is 10.1 Å². The van der Waals surface area contributed by atoms with Gasteiger partial charge in [0.25, 0.3) is 10.0 Å². The molecule has 220 valence electrons. The van der Waals surface area contributed by atoms with Gasteiger partial charge in [-0.15, -0.1) is 0 Å². The largest absolute Gasteiger partial charge is 0.480 e. The first-order chi connectivity index (χ1) is 19.3. The van der Waals surface area contributed by atoms with E-state index in [1.807, 2.05) is 0 Å². The third-order valence-corrected chi connectivity index (χ3v) is 8.81. The van der Waals surface area contributed by atoms with Crippen LogP contribution in [0.5, 0.6) is 5.88 Å². The molecule has 0 unspecified atom stereocenters. The Hall–Kier alpha value is -3.46. The van der Waals surface area contributed by atoms with E-state index in [1.54, 1.807) is 6.07 Å². The highest BCUT2D eigenvalue weighted by Crippen LogP contribution is 2.34. The Labute approximate surface area is 243 Å². The number of rotatable bonds is 11. The second-order valence-corrected chi connectivity index (χ2v) is 16.4. The van der Waals surface area contributed by atoms with Gasteiger partial charge in [0.15, 0.2) is 16.4 Å². The van der Waals surface area contributed by atoms with Crippen LogP contribution in [0.25, 0.3) is 22.2 Å². The Morgan fingerprint density at radius 2 is 1.88 bits per heavy atom. The van der Waals surface area contributed by atoms with Gasteiger partial charge in [-0.2, -0.15) is 5.10 Å². The standard InChI is InChI=1S/C26H29ClFN5O6S2/c1-37-25-22(11-16(27)13-30-25)41(35,36)32-19-8-6-7-17(23(19)28)20-12-21-18(14-29-20)24(26(34)38-2)31-33(21)15-39-9-10-40(3,4)5/h6-8,11-14,32H,9-10,15H2,1-5H3. The molecule has 0 atom stereocenters. The van der Waals surface area contributed by atoms with Crippen molar-refractivity contribution in [1.29, 1.82) is 0 Å². The normalized spacial score (nSPS) is 12.4. The van der Waals surface area contributed by atoms with Crippen molar-refractivity contribution >= 4 is 54.2 Å². The molecular formula is C26H29ClFN5O6S2. The highest BCUT2D eigenvalue weighted by Gasteiger charge is 2.25. The van der Waals surface area contributed by atoms with E-state index >= 15 is 4.39 Å². The fraction of sp³-hybridized carbons (Fsp3) is 0.308. The Kier molecular flexibility index (Phi) is 9.07. The van der Waals surface area contributed by atoms with Crippen molar-refractivity contribution in [3.8, 4) is 17.1 Å². The molecule has 0 spiro atoms. The summed E-state index contributed by atoms with van der Waals surface area (Å²) in [6.07, 6.45) is 9.16. The van der Waals surface area contributed by atoms with Crippen molar-refractivity contribution in [1.82, 2.24) is 19.7 Å². The zero-order chi connectivity index (χ0) is 29.9. The van der Waals surface area contributed by atoms with E-state index in [2.05, 4.69) is 38.6 Å². The minimum Gasteiger partial charge on any atom is -0.480 e. The highest BCUT2D eigenvalue weighted by molar-refractivity contribution is 8.32. The van der Waals surface area contributed by atoms with Crippen LogP contribution in [-0.4, -0.2) is 79.5 Å². The van der Waals surface area contributed by atoms with Crippen molar-refractivity contribution < 1.29 is 31.8 Å². The average Bonchev–Trinajstić information content (AvgIpc) is 3.29. The van der Waals surface area contributed by atoms with Gasteiger partial charge in [-0.25, -0.2) is 37.3 Å². The van der Waals surface area contributed by atoms with Gasteiger partial charge >= 0.3 is 5.97 Å². The lowest BCUT2D eigenvalue weighted by Crippen LogP contribution is -2.16. The van der Waals surface area contributed by atoms with Crippen molar-refractivity contribution in [3.05, 3.63) is 59.3 Å². The zero-order valence-electron chi connectivity index (χ0n) is 23.0. The van der Waals surface area contributed by atoms with Crippen LogP contribution in [0.1, 0.15) is 10.5 Å². The summed E-state index contributed by atoms with van der Waals surface area (Å²) < 4.78 is 61.4. The predicted octanol–water partition coefficient (Wildman–Crippen LogP) is 4.55. The van der Waals surface area contributed by atoms with Gasteiger partial charge < -0.3 is 14.2 Å². The molecule has 3 heterocycles. The molecule has 4 rings (SSSR count). The molecule has 41 heavy (non-hydrogen) atoms. The fourth-order valence-corrected chi connectivity index (χ4v) is 5.83. The number of ether oxygens (including phenoxy) is 3. The Bertz CT molecular complexity index is 1710. The van der Waals surface area contributed by atoms with Gasteiger partial charge in [-0.3, -0.25) is 9.71 Å². The van der Waals surface area contributed by atoms with Gasteiger partial charge in [-0.1, -0.05) is 17.7 Å². The highest BCUT2D eigenvalue weighted by atomic mass is 35.5. The number of nitrogens with one attached hydrogen (secondary N) is 1. The summed E-state index contributed by atoms with van der Waals surface area (Å²) >= 11 is 5.93. The van der Waals surface area contributed by atoms with Gasteiger partial charge in [0, 0.05) is 23.7 Å². The number of hydrogen-bond donors (Lipinski definition) is 1. The van der Waals surface area contributed by atoms with E-state index in [9.17, 15) is 13.2 Å². The van der Waals surface area contributed by atoms with Crippen molar-refractivity contribution in [2.75, 3.05) is 50.1 Å². The van der Waals surface area contributed by atoms with Crippen LogP contribution >= 0.6 is 21.6 Å². The Morgan fingerprint density at radius 1 is 1.12 bits per heavy atom. The van der Waals surface area contributed by atoms with Crippen LogP contribution in [0.15, 0.2) is 47.6 Å². The lowest BCUT2D eigenvalue weighted by atomic mass is 10.1. The van der Waals surface area contributed by atoms with Crippen LogP contribution in [0, 0.1) is 5.82 Å². The van der Waals surface area contributed by atoms with E-state index < -0.39 is 31.8 Å². The molecular weight excluding hydrogens is 597 g/mol. The number of nitrogens with zero attached hydrogens (tertiary/aromatic N) is 4. The van der Waals surface area contributed by atoms with Gasteiger partial charge in [-0.05, 0) is 43.0 Å². The molecule has 0 saturated carbocycles. The van der Waals surface area contributed by atoms with E-state index in [0.29, 0.717) is 17.5 Å². The van der Waals surface area contributed by atoms with Crippen LogP contribution in [0.3, 0.4) is 0 Å². The van der Waals surface area contributed by atoms with Gasteiger partial charge in [0.1, 0.15) is 6.73 Å². The maximum Gasteiger partial charge on any atom is 0.359 e.